The lowest BCUT2D eigenvalue weighted by Gasteiger charge is -2.39. The third kappa shape index (κ3) is 4.03. The standard InChI is InChI=1S/C19H32O4/c1-9(2)15(20)11(5)18-13(7)17(22)14(8)19(23-18)12(6)16(21)10(3)4/h9-13,15,18,20H,1-8H3/t11-,12?,13-,15+,18+/m0/s1. The monoisotopic (exact) mass is 324 g/mol. The maximum absolute atomic E-state index is 12.6. The van der Waals surface area contributed by atoms with Gasteiger partial charge in [-0.05, 0) is 19.8 Å². The molecular formula is C19H32O4. The summed E-state index contributed by atoms with van der Waals surface area (Å²) in [5.74, 6) is -0.389. The molecule has 4 nitrogen and oxygen atoms in total. The van der Waals surface area contributed by atoms with Crippen LogP contribution in [0, 0.1) is 29.6 Å². The van der Waals surface area contributed by atoms with Gasteiger partial charge in [0.25, 0.3) is 0 Å². The Hall–Kier alpha value is -1.16. The molecule has 1 aliphatic heterocycles. The van der Waals surface area contributed by atoms with E-state index in [4.69, 9.17) is 4.74 Å². The van der Waals surface area contributed by atoms with Crippen LogP contribution in [0.15, 0.2) is 11.3 Å². The summed E-state index contributed by atoms with van der Waals surface area (Å²) in [6.45, 7) is 14.9. The number of hydrogen-bond donors (Lipinski definition) is 1. The van der Waals surface area contributed by atoms with Gasteiger partial charge < -0.3 is 9.84 Å². The van der Waals surface area contributed by atoms with Gasteiger partial charge in [-0.3, -0.25) is 9.59 Å². The van der Waals surface area contributed by atoms with Crippen LogP contribution in [-0.4, -0.2) is 28.9 Å². The van der Waals surface area contributed by atoms with E-state index in [1.54, 1.807) is 13.8 Å². The quantitative estimate of drug-likeness (QED) is 0.813. The summed E-state index contributed by atoms with van der Waals surface area (Å²) >= 11 is 0. The minimum Gasteiger partial charge on any atom is -0.492 e. The number of ether oxygens (including phenoxy) is 1. The molecule has 0 aliphatic carbocycles. The van der Waals surface area contributed by atoms with Crippen LogP contribution in [0.1, 0.15) is 55.4 Å². The van der Waals surface area contributed by atoms with Gasteiger partial charge >= 0.3 is 0 Å². The molecule has 1 unspecified atom stereocenters. The number of allylic oxidation sites excluding steroid dienone is 2. The van der Waals surface area contributed by atoms with Crippen LogP contribution >= 0.6 is 0 Å². The van der Waals surface area contributed by atoms with E-state index in [-0.39, 0.29) is 35.2 Å². The van der Waals surface area contributed by atoms with Gasteiger partial charge in [0.1, 0.15) is 17.6 Å². The molecule has 1 rings (SSSR count). The first kappa shape index (κ1) is 19.9. The van der Waals surface area contributed by atoms with Gasteiger partial charge in [0.15, 0.2) is 5.78 Å². The summed E-state index contributed by atoms with van der Waals surface area (Å²) in [4.78, 5) is 24.9. The lowest BCUT2D eigenvalue weighted by atomic mass is 9.79. The van der Waals surface area contributed by atoms with E-state index in [0.29, 0.717) is 11.3 Å². The zero-order chi connectivity index (χ0) is 18.1. The number of Topliss-reactive ketones (excluding diaryl/α,β-unsaturated/α-hetero) is 2. The van der Waals surface area contributed by atoms with Crippen molar-refractivity contribution < 1.29 is 19.4 Å². The van der Waals surface area contributed by atoms with Gasteiger partial charge in [0, 0.05) is 17.4 Å². The SMILES string of the molecule is CC1=C(C(C)C(=O)C(C)C)O[C@H]([C@@H](C)[C@H](O)C(C)C)[C@@H](C)C1=O. The number of carbonyl (C=O) groups is 2. The fourth-order valence-corrected chi connectivity index (χ4v) is 3.37. The van der Waals surface area contributed by atoms with Crippen molar-refractivity contribution in [1.29, 1.82) is 0 Å². The Kier molecular flexibility index (Phi) is 6.58. The predicted octanol–water partition coefficient (Wildman–Crippen LogP) is 3.38. The molecule has 132 valence electrons. The number of aliphatic hydroxyl groups is 1. The maximum atomic E-state index is 12.6. The third-order valence-corrected chi connectivity index (χ3v) is 5.04. The summed E-state index contributed by atoms with van der Waals surface area (Å²) in [7, 11) is 0. The van der Waals surface area contributed by atoms with E-state index in [9.17, 15) is 14.7 Å². The Balaban J connectivity index is 3.14. The molecular weight excluding hydrogens is 292 g/mol. The Morgan fingerprint density at radius 3 is 2.09 bits per heavy atom. The number of hydrogen-bond acceptors (Lipinski definition) is 4. The molecule has 23 heavy (non-hydrogen) atoms. The van der Waals surface area contributed by atoms with Crippen molar-refractivity contribution in [1.82, 2.24) is 0 Å². The molecule has 0 radical (unpaired) electrons. The first-order valence-electron chi connectivity index (χ1n) is 8.64. The fourth-order valence-electron chi connectivity index (χ4n) is 3.37. The Morgan fingerprint density at radius 1 is 1.13 bits per heavy atom. The first-order chi connectivity index (χ1) is 10.5. The second-order valence-corrected chi connectivity index (χ2v) is 7.60. The minimum absolute atomic E-state index is 0.0162. The molecule has 0 amide bonds. The molecule has 0 bridgehead atoms. The molecule has 5 atom stereocenters. The lowest BCUT2D eigenvalue weighted by molar-refractivity contribution is -0.134. The number of aliphatic hydroxyl groups excluding tert-OH is 1. The van der Waals surface area contributed by atoms with E-state index < -0.39 is 18.1 Å². The molecule has 0 aromatic carbocycles. The van der Waals surface area contributed by atoms with Crippen LogP contribution in [0.25, 0.3) is 0 Å². The number of carbonyl (C=O) groups excluding carboxylic acids is 2. The van der Waals surface area contributed by atoms with Crippen LogP contribution in [0.3, 0.4) is 0 Å². The van der Waals surface area contributed by atoms with Gasteiger partial charge in [-0.15, -0.1) is 0 Å². The third-order valence-electron chi connectivity index (χ3n) is 5.04. The maximum Gasteiger partial charge on any atom is 0.168 e. The summed E-state index contributed by atoms with van der Waals surface area (Å²) in [5, 5.41) is 10.4. The van der Waals surface area contributed by atoms with Crippen molar-refractivity contribution in [2.45, 2.75) is 67.6 Å². The van der Waals surface area contributed by atoms with E-state index in [0.717, 1.165) is 0 Å². The van der Waals surface area contributed by atoms with Crippen LogP contribution in [0.4, 0.5) is 0 Å². The van der Waals surface area contributed by atoms with Crippen molar-refractivity contribution >= 4 is 11.6 Å². The largest absolute Gasteiger partial charge is 0.492 e. The van der Waals surface area contributed by atoms with E-state index in [1.165, 1.54) is 0 Å². The van der Waals surface area contributed by atoms with Crippen molar-refractivity contribution in [3.63, 3.8) is 0 Å². The summed E-state index contributed by atoms with van der Waals surface area (Å²) in [5.41, 5.74) is 0.543. The normalized spacial score (nSPS) is 26.3. The molecule has 0 aromatic rings. The van der Waals surface area contributed by atoms with Crippen molar-refractivity contribution in [2.75, 3.05) is 0 Å². The van der Waals surface area contributed by atoms with Gasteiger partial charge in [0.2, 0.25) is 0 Å². The Labute approximate surface area is 140 Å². The molecule has 1 heterocycles. The van der Waals surface area contributed by atoms with Gasteiger partial charge in [-0.2, -0.15) is 0 Å². The molecule has 0 aromatic heterocycles. The molecule has 0 spiro atoms. The molecule has 1 aliphatic rings. The smallest absolute Gasteiger partial charge is 0.168 e. The molecule has 1 N–H and O–H groups in total. The van der Waals surface area contributed by atoms with Gasteiger partial charge in [0.05, 0.1) is 17.9 Å². The van der Waals surface area contributed by atoms with Crippen molar-refractivity contribution in [3.05, 3.63) is 11.3 Å². The highest BCUT2D eigenvalue weighted by Gasteiger charge is 2.42. The number of rotatable bonds is 6. The highest BCUT2D eigenvalue weighted by Crippen LogP contribution is 2.36. The van der Waals surface area contributed by atoms with Crippen LogP contribution in [0.2, 0.25) is 0 Å². The summed E-state index contributed by atoms with van der Waals surface area (Å²) in [6, 6.07) is 0. The average Bonchev–Trinajstić information content (AvgIpc) is 2.49. The fraction of sp³-hybridized carbons (Fsp3) is 0.789. The van der Waals surface area contributed by atoms with E-state index >= 15 is 0 Å². The summed E-state index contributed by atoms with van der Waals surface area (Å²) in [6.07, 6.45) is -0.952. The van der Waals surface area contributed by atoms with Crippen LogP contribution in [0.5, 0.6) is 0 Å². The second kappa shape index (κ2) is 7.61. The van der Waals surface area contributed by atoms with Crippen molar-refractivity contribution in [2.24, 2.45) is 29.6 Å². The highest BCUT2D eigenvalue weighted by atomic mass is 16.5. The molecule has 4 heteroatoms. The van der Waals surface area contributed by atoms with E-state index in [2.05, 4.69) is 0 Å². The molecule has 0 saturated carbocycles. The molecule has 0 saturated heterocycles. The zero-order valence-corrected chi connectivity index (χ0v) is 15.7. The average molecular weight is 324 g/mol. The topological polar surface area (TPSA) is 63.6 Å². The number of ketones is 2. The summed E-state index contributed by atoms with van der Waals surface area (Å²) < 4.78 is 6.13. The Bertz CT molecular complexity index is 490. The van der Waals surface area contributed by atoms with Crippen LogP contribution < -0.4 is 0 Å². The first-order valence-corrected chi connectivity index (χ1v) is 8.64. The minimum atomic E-state index is -0.550. The van der Waals surface area contributed by atoms with Gasteiger partial charge in [-0.1, -0.05) is 41.5 Å². The van der Waals surface area contributed by atoms with Crippen LogP contribution in [-0.2, 0) is 14.3 Å². The highest BCUT2D eigenvalue weighted by molar-refractivity contribution is 5.99. The second-order valence-electron chi connectivity index (χ2n) is 7.60. The predicted molar refractivity (Wildman–Crippen MR) is 90.8 cm³/mol. The Morgan fingerprint density at radius 2 is 1.65 bits per heavy atom. The van der Waals surface area contributed by atoms with E-state index in [1.807, 2.05) is 41.5 Å². The zero-order valence-electron chi connectivity index (χ0n) is 15.7. The van der Waals surface area contributed by atoms with Crippen molar-refractivity contribution in [3.8, 4) is 0 Å². The lowest BCUT2D eigenvalue weighted by Crippen LogP contribution is -2.45. The van der Waals surface area contributed by atoms with Gasteiger partial charge in [-0.25, -0.2) is 0 Å². The molecule has 0 fully saturated rings.